The van der Waals surface area contributed by atoms with Crippen LogP contribution in [-0.4, -0.2) is 107 Å². The van der Waals surface area contributed by atoms with Gasteiger partial charge in [0.1, 0.15) is 12.2 Å². The maximum absolute atomic E-state index is 13.5. The van der Waals surface area contributed by atoms with E-state index in [9.17, 15) is 46.1 Å². The first-order valence-corrected chi connectivity index (χ1v) is 31.5. The van der Waals surface area contributed by atoms with Crippen LogP contribution in [0.2, 0.25) is 0 Å². The molecule has 0 amide bonds. The average Bonchev–Trinajstić information content (AvgIpc) is 3.89. The van der Waals surface area contributed by atoms with Crippen LogP contribution in [-0.2, 0) is 48.2 Å². The Morgan fingerprint density at radius 3 is 1.87 bits per heavy atom. The molecule has 77 heavy (non-hydrogen) atoms. The smallest absolute Gasteiger partial charge is 0.726 e. The molecule has 4 bridgehead atoms. The molecule has 424 valence electrons. The van der Waals surface area contributed by atoms with Crippen molar-refractivity contribution in [2.75, 3.05) is 6.61 Å². The molecular formula is C58H88Na2O15S2. The van der Waals surface area contributed by atoms with Crippen molar-refractivity contribution in [3.05, 3.63) is 22.3 Å². The average molecular weight is 1140 g/mol. The van der Waals surface area contributed by atoms with Crippen LogP contribution in [0.15, 0.2) is 22.3 Å². The summed E-state index contributed by atoms with van der Waals surface area (Å²) >= 11 is 0. The third kappa shape index (κ3) is 9.27. The van der Waals surface area contributed by atoms with E-state index in [4.69, 9.17) is 22.6 Å². The maximum Gasteiger partial charge on any atom is 1.00 e. The van der Waals surface area contributed by atoms with Gasteiger partial charge in [-0.15, -0.1) is 0 Å². The van der Waals surface area contributed by atoms with Crippen LogP contribution in [0, 0.1) is 85.8 Å². The topological polar surface area (TPSA) is 238 Å². The quantitative estimate of drug-likeness (QED) is 0.123. The molecule has 12 aliphatic rings. The number of Topliss-reactive ketones (excluding diaryl/α,β-unsaturated/α-hetero) is 1. The minimum atomic E-state index is -5.10. The van der Waals surface area contributed by atoms with Crippen molar-refractivity contribution in [3.8, 4) is 0 Å². The number of carbonyl (C=O) groups is 1. The summed E-state index contributed by atoms with van der Waals surface area (Å²) in [6, 6.07) is 0. The van der Waals surface area contributed by atoms with Gasteiger partial charge in [-0.1, -0.05) is 84.6 Å². The van der Waals surface area contributed by atoms with E-state index in [2.05, 4.69) is 55.4 Å². The number of hydrogen-bond donors (Lipinski definition) is 3. The van der Waals surface area contributed by atoms with Gasteiger partial charge in [-0.2, -0.15) is 0 Å². The Morgan fingerprint density at radius 1 is 0.740 bits per heavy atom. The first-order valence-electron chi connectivity index (χ1n) is 28.8. The van der Waals surface area contributed by atoms with Crippen molar-refractivity contribution in [1.29, 1.82) is 0 Å². The molecule has 12 rings (SSSR count). The van der Waals surface area contributed by atoms with Crippen LogP contribution >= 0.6 is 0 Å². The van der Waals surface area contributed by atoms with Crippen LogP contribution in [0.25, 0.3) is 0 Å². The second-order valence-electron chi connectivity index (χ2n) is 29.5. The maximum atomic E-state index is 13.5. The second-order valence-corrected chi connectivity index (χ2v) is 31.5. The van der Waals surface area contributed by atoms with E-state index in [-0.39, 0.29) is 144 Å². The first-order chi connectivity index (χ1) is 34.5. The molecule has 0 aromatic heterocycles. The molecule has 15 nitrogen and oxygen atoms in total. The molecule has 4 heterocycles. The van der Waals surface area contributed by atoms with Crippen molar-refractivity contribution in [2.45, 2.75) is 239 Å². The van der Waals surface area contributed by atoms with E-state index >= 15 is 0 Å². The zero-order chi connectivity index (χ0) is 54.6. The van der Waals surface area contributed by atoms with Gasteiger partial charge in [-0.3, -0.25) is 13.2 Å². The van der Waals surface area contributed by atoms with Crippen LogP contribution in [0.1, 0.15) is 186 Å². The van der Waals surface area contributed by atoms with E-state index < -0.39 is 90.1 Å². The fourth-order valence-corrected chi connectivity index (χ4v) is 22.9. The molecule has 4 saturated carbocycles. The predicted molar refractivity (Wildman–Crippen MR) is 274 cm³/mol. The Balaban J connectivity index is 0.00000361. The summed E-state index contributed by atoms with van der Waals surface area (Å²) in [7, 11) is -10.2. The van der Waals surface area contributed by atoms with Gasteiger partial charge >= 0.3 is 59.1 Å². The van der Waals surface area contributed by atoms with Crippen molar-refractivity contribution in [3.63, 3.8) is 0 Å². The number of hydrogen-bond acceptors (Lipinski definition) is 15. The van der Waals surface area contributed by atoms with Gasteiger partial charge in [0.2, 0.25) is 20.8 Å². The number of ether oxygens (including phenoxy) is 3. The summed E-state index contributed by atoms with van der Waals surface area (Å²) < 4.78 is 106. The molecule has 1 spiro atoms. The van der Waals surface area contributed by atoms with Gasteiger partial charge in [0, 0.05) is 28.1 Å². The number of rotatable bonds is 10. The van der Waals surface area contributed by atoms with Gasteiger partial charge in [-0.25, -0.2) is 16.8 Å². The Bertz CT molecular complexity index is 2680. The molecule has 0 aromatic carbocycles. The normalized spacial score (nSPS) is 48.9. The molecule has 8 aliphatic carbocycles. The van der Waals surface area contributed by atoms with Crippen LogP contribution in [0.3, 0.4) is 0 Å². The molecule has 3 N–H and O–H groups in total. The molecule has 0 aromatic rings. The van der Waals surface area contributed by atoms with Crippen LogP contribution in [0.5, 0.6) is 0 Å². The third-order valence-corrected chi connectivity index (χ3v) is 25.9. The summed E-state index contributed by atoms with van der Waals surface area (Å²) in [5, 5.41) is 34.5. The molecule has 0 radical (unpaired) electrons. The molecule has 0 unspecified atom stereocenters. The van der Waals surface area contributed by atoms with Gasteiger partial charge in [0.15, 0.2) is 11.6 Å². The van der Waals surface area contributed by atoms with E-state index in [0.29, 0.717) is 23.7 Å². The first kappa shape index (κ1) is 62.2. The Hall–Kier alpha value is 0.650. The van der Waals surface area contributed by atoms with E-state index in [1.807, 2.05) is 0 Å². The number of aliphatic hydroxyl groups excluding tert-OH is 2. The summed E-state index contributed by atoms with van der Waals surface area (Å²) in [6.07, 6.45) is 7.28. The van der Waals surface area contributed by atoms with Crippen molar-refractivity contribution < 1.29 is 128 Å². The Labute approximate surface area is 504 Å². The summed E-state index contributed by atoms with van der Waals surface area (Å²) in [5.74, 6) is -1.57. The summed E-state index contributed by atoms with van der Waals surface area (Å²) in [4.78, 5) is 13.5. The van der Waals surface area contributed by atoms with Crippen LogP contribution in [0.4, 0.5) is 0 Å². The van der Waals surface area contributed by atoms with Crippen molar-refractivity contribution in [2.24, 2.45) is 85.8 Å². The molecule has 4 aliphatic heterocycles. The predicted octanol–water partition coefficient (Wildman–Crippen LogP) is 2.62. The van der Waals surface area contributed by atoms with E-state index in [0.717, 1.165) is 82.6 Å². The van der Waals surface area contributed by atoms with Crippen molar-refractivity contribution >= 4 is 26.6 Å². The summed E-state index contributed by atoms with van der Waals surface area (Å²) in [6.45, 7) is 25.6. The molecule has 21 atom stereocenters. The Morgan fingerprint density at radius 2 is 1.29 bits per heavy atom. The SMILES string of the molecule is C[C@@H]([C@H]1CC[C@H]2C3=C(CC[C@]12C)[C@@]12CO[C@@](O)([C@@H](O)C1)C(C)(C)[C@@H]2[C@@H](OS(=O)(=O)[O-])C3)[C@H]1C[C@@H]2C[C@@](C)(OC2(C)C)[C@H](CC[C@@H](C)[C@H]2CC[C@H]3C4=C(CC[C@]23C)[C@@]2(C)C[C@H](O)C(=O)C(C)(C)[C@@H]2[C@@H](OS(=O)(=O)[O-])C4)O1.[Na+].[Na+]. The molecular weight excluding hydrogens is 1050 g/mol. The fourth-order valence-electron chi connectivity index (χ4n) is 22.0. The number of allylic oxidation sites excluding steroid dienone is 1. The van der Waals surface area contributed by atoms with Gasteiger partial charge in [0.05, 0.1) is 42.2 Å². The number of ketones is 1. The number of fused-ring (bicyclic) bond motifs is 10. The minimum Gasteiger partial charge on any atom is -0.726 e. The molecule has 4 saturated heterocycles. The zero-order valence-electron chi connectivity index (χ0n) is 48.7. The van der Waals surface area contributed by atoms with Crippen LogP contribution < -0.4 is 59.1 Å². The molecule has 19 heteroatoms. The third-order valence-electron chi connectivity index (χ3n) is 25.0. The number of carbonyl (C=O) groups excluding carboxylic acids is 1. The molecule has 8 fully saturated rings. The summed E-state index contributed by atoms with van der Waals surface area (Å²) in [5.41, 5.74) is 0.0442. The van der Waals surface area contributed by atoms with E-state index in [1.165, 1.54) is 16.7 Å². The van der Waals surface area contributed by atoms with Crippen molar-refractivity contribution in [1.82, 2.24) is 0 Å². The minimum absolute atomic E-state index is 0. The monoisotopic (exact) mass is 1130 g/mol. The van der Waals surface area contributed by atoms with Gasteiger partial charge in [0.25, 0.3) is 0 Å². The van der Waals surface area contributed by atoms with Gasteiger partial charge in [-0.05, 0) is 181 Å². The standard InChI is InChI=1S/C58H90O15S2.2Na/c1-30(35-14-16-37-33-24-43(71-74(63,64)65)47-50(3,4)49(61)41(59)27-55(47,11)39(33)19-21-53(35,37)9)13-18-46-56(12)26-32(52(7,8)73-56)23-42(70-46)31(2)36-15-17-38-34-25-44(72-75(66,67)68)48-51(5,6)58(62)45(60)28-57(48,29-69-58)40(34)20-22-54(36,38)10;;/h30-32,35-38,41-48,59-60,62H,13-29H2,1-12H3,(H,63,64,65)(H,66,67,68);;/q;2*+1/p-2/t30-,31+,32-,35-,36-,37+,38+,41+,42-,43+,44+,45+,46+,47+,48+,53-,54-,55-,56-,57+,58+;;/m1../s1. The Kier molecular flexibility index (Phi) is 16.0. The largest absolute Gasteiger partial charge is 1.00 e. The number of aliphatic hydroxyl groups is 3. The second kappa shape index (κ2) is 19.9. The fraction of sp³-hybridized carbons (Fsp3) is 0.914. The zero-order valence-corrected chi connectivity index (χ0v) is 54.4. The van der Waals surface area contributed by atoms with Gasteiger partial charge < -0.3 is 38.6 Å². The van der Waals surface area contributed by atoms with E-state index in [1.54, 1.807) is 27.7 Å².